The summed E-state index contributed by atoms with van der Waals surface area (Å²) < 4.78 is 21.0. The molecule has 1 aromatic carbocycles. The maximum absolute atomic E-state index is 11.5. The van der Waals surface area contributed by atoms with E-state index in [2.05, 4.69) is 0 Å². The fourth-order valence-electron chi connectivity index (χ4n) is 1.76. The maximum atomic E-state index is 11.5. The fraction of sp³-hybridized carbons (Fsp3) is 0.400. The minimum atomic E-state index is -0.416. The van der Waals surface area contributed by atoms with E-state index in [1.165, 1.54) is 6.08 Å². The number of carbonyl (C=O) groups excluding carboxylic acids is 1. The van der Waals surface area contributed by atoms with Crippen molar-refractivity contribution in [2.75, 3.05) is 39.6 Å². The lowest BCUT2D eigenvalue weighted by atomic mass is 10.2. The monoisotopic (exact) mass is 293 g/mol. The molecule has 1 aromatic rings. The van der Waals surface area contributed by atoms with Crippen molar-refractivity contribution in [3.8, 4) is 11.5 Å². The first kappa shape index (κ1) is 15.3. The van der Waals surface area contributed by atoms with E-state index in [1.54, 1.807) is 6.08 Å². The third-order valence-corrected chi connectivity index (χ3v) is 2.71. The van der Waals surface area contributed by atoms with Crippen LogP contribution in [0.5, 0.6) is 11.5 Å². The van der Waals surface area contributed by atoms with Crippen molar-refractivity contribution >= 4 is 12.0 Å². The number of benzene rings is 1. The summed E-state index contributed by atoms with van der Waals surface area (Å²) in [7, 11) is 0. The molecule has 0 atom stereocenters. The summed E-state index contributed by atoms with van der Waals surface area (Å²) in [4.78, 5) is 11.5. The number of esters is 1. The molecular formula is C15H19NO5. The van der Waals surface area contributed by atoms with Crippen LogP contribution >= 0.6 is 0 Å². The van der Waals surface area contributed by atoms with Crippen molar-refractivity contribution in [2.45, 2.75) is 0 Å². The third kappa shape index (κ3) is 5.09. The van der Waals surface area contributed by atoms with Crippen molar-refractivity contribution in [2.24, 2.45) is 5.73 Å². The predicted molar refractivity (Wildman–Crippen MR) is 77.3 cm³/mol. The second-order valence-electron chi connectivity index (χ2n) is 4.30. The van der Waals surface area contributed by atoms with Crippen LogP contribution in [0.3, 0.4) is 0 Å². The van der Waals surface area contributed by atoms with Gasteiger partial charge in [-0.3, -0.25) is 0 Å². The quantitative estimate of drug-likeness (QED) is 0.459. The molecule has 0 fully saturated rings. The van der Waals surface area contributed by atoms with Gasteiger partial charge in [-0.15, -0.1) is 0 Å². The van der Waals surface area contributed by atoms with Crippen LogP contribution in [0.1, 0.15) is 5.56 Å². The van der Waals surface area contributed by atoms with Gasteiger partial charge in [-0.05, 0) is 23.8 Å². The Morgan fingerprint density at radius 1 is 1.19 bits per heavy atom. The second kappa shape index (κ2) is 8.28. The molecule has 0 unspecified atom stereocenters. The van der Waals surface area contributed by atoms with Crippen LogP contribution in [0.4, 0.5) is 0 Å². The number of carbonyl (C=O) groups is 1. The van der Waals surface area contributed by atoms with Gasteiger partial charge in [0.1, 0.15) is 19.8 Å². The molecular weight excluding hydrogens is 274 g/mol. The third-order valence-electron chi connectivity index (χ3n) is 2.71. The lowest BCUT2D eigenvalue weighted by Crippen LogP contribution is -2.15. The normalized spacial score (nSPS) is 13.4. The van der Waals surface area contributed by atoms with E-state index >= 15 is 0 Å². The van der Waals surface area contributed by atoms with Crippen LogP contribution in [0.2, 0.25) is 0 Å². The molecule has 1 aliphatic heterocycles. The van der Waals surface area contributed by atoms with Gasteiger partial charge in [0.05, 0.1) is 13.2 Å². The van der Waals surface area contributed by atoms with E-state index in [-0.39, 0.29) is 6.61 Å². The van der Waals surface area contributed by atoms with Crippen LogP contribution in [0, 0.1) is 0 Å². The van der Waals surface area contributed by atoms with Gasteiger partial charge < -0.3 is 24.7 Å². The van der Waals surface area contributed by atoms with Crippen molar-refractivity contribution < 1.29 is 23.7 Å². The zero-order chi connectivity index (χ0) is 14.9. The molecule has 0 saturated heterocycles. The van der Waals surface area contributed by atoms with Crippen LogP contribution in [-0.2, 0) is 14.3 Å². The summed E-state index contributed by atoms with van der Waals surface area (Å²) >= 11 is 0. The average molecular weight is 293 g/mol. The number of nitrogens with two attached hydrogens (primary N) is 1. The molecule has 1 aliphatic rings. The Labute approximate surface area is 123 Å². The molecule has 0 amide bonds. The molecule has 0 radical (unpaired) electrons. The highest BCUT2D eigenvalue weighted by Crippen LogP contribution is 2.31. The smallest absolute Gasteiger partial charge is 0.330 e. The molecule has 0 bridgehead atoms. The van der Waals surface area contributed by atoms with Crippen LogP contribution < -0.4 is 15.2 Å². The summed E-state index contributed by atoms with van der Waals surface area (Å²) in [6.45, 7) is 2.57. The highest BCUT2D eigenvalue weighted by atomic mass is 16.6. The lowest BCUT2D eigenvalue weighted by molar-refractivity contribution is -0.139. The minimum Gasteiger partial charge on any atom is -0.486 e. The molecule has 0 aliphatic carbocycles. The molecule has 0 aromatic heterocycles. The number of fused-ring (bicyclic) bond motifs is 1. The summed E-state index contributed by atoms with van der Waals surface area (Å²) in [6, 6.07) is 5.49. The standard InChI is InChI=1S/C15H19NO5/c16-5-6-18-7-8-21-15(17)4-2-12-1-3-13-14(11-12)20-10-9-19-13/h1-4,11H,5-10,16H2/b4-2+. The summed E-state index contributed by atoms with van der Waals surface area (Å²) in [5, 5.41) is 0. The first-order chi connectivity index (χ1) is 10.3. The Balaban J connectivity index is 1.79. The lowest BCUT2D eigenvalue weighted by Gasteiger charge is -2.18. The molecule has 114 valence electrons. The SMILES string of the molecule is NCCOCCOC(=O)/C=C/c1ccc2c(c1)OCCO2. The zero-order valence-electron chi connectivity index (χ0n) is 11.7. The molecule has 1 heterocycles. The molecule has 6 heteroatoms. The van der Waals surface area contributed by atoms with Crippen LogP contribution in [0.25, 0.3) is 6.08 Å². The zero-order valence-corrected chi connectivity index (χ0v) is 11.7. The predicted octanol–water partition coefficient (Wildman–Crippen LogP) is 0.989. The van der Waals surface area contributed by atoms with Gasteiger partial charge in [0.15, 0.2) is 11.5 Å². The fourth-order valence-corrected chi connectivity index (χ4v) is 1.76. The molecule has 6 nitrogen and oxygen atoms in total. The first-order valence-corrected chi connectivity index (χ1v) is 6.82. The molecule has 2 N–H and O–H groups in total. The van der Waals surface area contributed by atoms with Crippen molar-refractivity contribution in [3.63, 3.8) is 0 Å². The highest BCUT2D eigenvalue weighted by molar-refractivity contribution is 5.87. The van der Waals surface area contributed by atoms with Crippen molar-refractivity contribution in [1.29, 1.82) is 0 Å². The summed E-state index contributed by atoms with van der Waals surface area (Å²) in [6.07, 6.45) is 3.04. The van der Waals surface area contributed by atoms with Gasteiger partial charge in [-0.25, -0.2) is 4.79 Å². The van der Waals surface area contributed by atoms with Crippen LogP contribution in [0.15, 0.2) is 24.3 Å². The van der Waals surface area contributed by atoms with Gasteiger partial charge >= 0.3 is 5.97 Å². The van der Waals surface area contributed by atoms with Crippen molar-refractivity contribution in [3.05, 3.63) is 29.8 Å². The maximum Gasteiger partial charge on any atom is 0.330 e. The van der Waals surface area contributed by atoms with E-state index in [0.717, 1.165) is 11.3 Å². The van der Waals surface area contributed by atoms with E-state index in [0.29, 0.717) is 38.7 Å². The summed E-state index contributed by atoms with van der Waals surface area (Å²) in [5.74, 6) is 0.992. The molecule has 0 saturated carbocycles. The van der Waals surface area contributed by atoms with E-state index in [4.69, 9.17) is 24.7 Å². The molecule has 21 heavy (non-hydrogen) atoms. The number of hydrogen-bond acceptors (Lipinski definition) is 6. The largest absolute Gasteiger partial charge is 0.486 e. The van der Waals surface area contributed by atoms with E-state index in [9.17, 15) is 4.79 Å². The average Bonchev–Trinajstić information content (AvgIpc) is 2.52. The van der Waals surface area contributed by atoms with Gasteiger partial charge in [0, 0.05) is 12.6 Å². The molecule has 0 spiro atoms. The van der Waals surface area contributed by atoms with Gasteiger partial charge in [-0.2, -0.15) is 0 Å². The number of ether oxygens (including phenoxy) is 4. The van der Waals surface area contributed by atoms with Crippen molar-refractivity contribution in [1.82, 2.24) is 0 Å². The number of rotatable bonds is 7. The second-order valence-corrected chi connectivity index (χ2v) is 4.30. The molecule has 2 rings (SSSR count). The van der Waals surface area contributed by atoms with E-state index < -0.39 is 5.97 Å². The Hall–Kier alpha value is -2.05. The highest BCUT2D eigenvalue weighted by Gasteiger charge is 2.10. The Bertz CT molecular complexity index is 501. The van der Waals surface area contributed by atoms with Gasteiger partial charge in [0.25, 0.3) is 0 Å². The first-order valence-electron chi connectivity index (χ1n) is 6.82. The Morgan fingerprint density at radius 3 is 2.81 bits per heavy atom. The van der Waals surface area contributed by atoms with Gasteiger partial charge in [-0.1, -0.05) is 6.07 Å². The summed E-state index contributed by atoms with van der Waals surface area (Å²) in [5.41, 5.74) is 6.11. The van der Waals surface area contributed by atoms with Crippen LogP contribution in [-0.4, -0.2) is 45.5 Å². The van der Waals surface area contributed by atoms with E-state index in [1.807, 2.05) is 18.2 Å². The topological polar surface area (TPSA) is 80.0 Å². The number of hydrogen-bond donors (Lipinski definition) is 1. The van der Waals surface area contributed by atoms with Gasteiger partial charge in [0.2, 0.25) is 0 Å². The Morgan fingerprint density at radius 2 is 2.00 bits per heavy atom. The minimum absolute atomic E-state index is 0.213. The Kier molecular flexibility index (Phi) is 6.05.